The van der Waals surface area contributed by atoms with Crippen molar-refractivity contribution < 1.29 is 9.59 Å². The van der Waals surface area contributed by atoms with E-state index < -0.39 is 0 Å². The third-order valence-corrected chi connectivity index (χ3v) is 3.06. The molecule has 0 saturated heterocycles. The minimum Gasteiger partial charge on any atom is -0.349 e. The number of carbonyl (C=O) groups is 2. The Morgan fingerprint density at radius 3 is 2.05 bits per heavy atom. The van der Waals surface area contributed by atoms with Crippen molar-refractivity contribution in [1.29, 1.82) is 0 Å². The fraction of sp³-hybridized carbons (Fsp3) is 0.176. The summed E-state index contributed by atoms with van der Waals surface area (Å²) in [5, 5.41) is 2.84. The topological polar surface area (TPSA) is 46.2 Å². The van der Waals surface area contributed by atoms with Gasteiger partial charge in [0.2, 0.25) is 5.91 Å². The summed E-state index contributed by atoms with van der Waals surface area (Å²) in [6, 6.07) is 18.4. The summed E-state index contributed by atoms with van der Waals surface area (Å²) < 4.78 is 0. The van der Waals surface area contributed by atoms with E-state index >= 15 is 0 Å². The van der Waals surface area contributed by atoms with E-state index in [2.05, 4.69) is 5.32 Å². The summed E-state index contributed by atoms with van der Waals surface area (Å²) >= 11 is 0. The van der Waals surface area contributed by atoms with E-state index in [1.165, 1.54) is 6.92 Å². The van der Waals surface area contributed by atoms with Crippen LogP contribution in [0.15, 0.2) is 60.7 Å². The van der Waals surface area contributed by atoms with Gasteiger partial charge in [-0.3, -0.25) is 9.59 Å². The number of benzene rings is 2. The molecule has 0 aliphatic heterocycles. The molecule has 0 bridgehead atoms. The Kier molecular flexibility index (Phi) is 4.66. The molecule has 0 radical (unpaired) electrons. The number of carbonyl (C=O) groups excluding carboxylic acids is 2. The van der Waals surface area contributed by atoms with Gasteiger partial charge >= 0.3 is 0 Å². The molecule has 2 aromatic carbocycles. The van der Waals surface area contributed by atoms with Crippen LogP contribution in [0, 0.1) is 0 Å². The molecule has 0 spiro atoms. The SMILES string of the molecule is CC(=O)NC(CC(=O)c1ccccc1)c1ccccc1. The molecular weight excluding hydrogens is 250 g/mol. The molecule has 0 heterocycles. The first-order chi connectivity index (χ1) is 9.66. The van der Waals surface area contributed by atoms with Gasteiger partial charge in [-0.1, -0.05) is 60.7 Å². The van der Waals surface area contributed by atoms with E-state index in [1.54, 1.807) is 12.1 Å². The monoisotopic (exact) mass is 267 g/mol. The number of rotatable bonds is 5. The van der Waals surface area contributed by atoms with E-state index in [0.29, 0.717) is 5.56 Å². The summed E-state index contributed by atoms with van der Waals surface area (Å²) in [5.41, 5.74) is 1.60. The van der Waals surface area contributed by atoms with Crippen LogP contribution in [0.5, 0.6) is 0 Å². The second kappa shape index (κ2) is 6.66. The van der Waals surface area contributed by atoms with Crippen LogP contribution in [0.25, 0.3) is 0 Å². The fourth-order valence-corrected chi connectivity index (χ4v) is 2.11. The Bertz CT molecular complexity index is 578. The smallest absolute Gasteiger partial charge is 0.217 e. The zero-order valence-corrected chi connectivity index (χ0v) is 11.4. The molecule has 3 heteroatoms. The molecule has 0 saturated carbocycles. The fourth-order valence-electron chi connectivity index (χ4n) is 2.11. The van der Waals surface area contributed by atoms with Gasteiger partial charge < -0.3 is 5.32 Å². The van der Waals surface area contributed by atoms with Gasteiger partial charge in [0.15, 0.2) is 5.78 Å². The van der Waals surface area contributed by atoms with Crippen LogP contribution in [-0.2, 0) is 4.79 Å². The van der Waals surface area contributed by atoms with Gasteiger partial charge in [-0.2, -0.15) is 0 Å². The van der Waals surface area contributed by atoms with E-state index in [9.17, 15) is 9.59 Å². The van der Waals surface area contributed by atoms with Gasteiger partial charge in [0.1, 0.15) is 0 Å². The van der Waals surface area contributed by atoms with Gasteiger partial charge in [-0.15, -0.1) is 0 Å². The Hall–Kier alpha value is -2.42. The van der Waals surface area contributed by atoms with Gasteiger partial charge in [0.05, 0.1) is 6.04 Å². The minimum atomic E-state index is -0.290. The highest BCUT2D eigenvalue weighted by Gasteiger charge is 2.17. The zero-order valence-electron chi connectivity index (χ0n) is 11.4. The number of hydrogen-bond donors (Lipinski definition) is 1. The van der Waals surface area contributed by atoms with Crippen LogP contribution < -0.4 is 5.32 Å². The van der Waals surface area contributed by atoms with Crippen LogP contribution in [0.2, 0.25) is 0 Å². The summed E-state index contributed by atoms with van der Waals surface area (Å²) in [7, 11) is 0. The number of amides is 1. The Morgan fingerprint density at radius 2 is 1.50 bits per heavy atom. The van der Waals surface area contributed by atoms with Crippen molar-refractivity contribution >= 4 is 11.7 Å². The Balaban J connectivity index is 2.16. The average molecular weight is 267 g/mol. The normalized spacial score (nSPS) is 11.7. The second-order valence-electron chi connectivity index (χ2n) is 4.66. The molecule has 3 nitrogen and oxygen atoms in total. The first-order valence-electron chi connectivity index (χ1n) is 6.57. The van der Waals surface area contributed by atoms with Crippen LogP contribution in [-0.4, -0.2) is 11.7 Å². The molecule has 102 valence electrons. The van der Waals surface area contributed by atoms with Crippen molar-refractivity contribution in [3.63, 3.8) is 0 Å². The largest absolute Gasteiger partial charge is 0.349 e. The maximum absolute atomic E-state index is 12.3. The van der Waals surface area contributed by atoms with Gasteiger partial charge in [0.25, 0.3) is 0 Å². The zero-order chi connectivity index (χ0) is 14.4. The van der Waals surface area contributed by atoms with Crippen molar-refractivity contribution in [2.24, 2.45) is 0 Å². The Morgan fingerprint density at radius 1 is 0.950 bits per heavy atom. The molecule has 1 amide bonds. The van der Waals surface area contributed by atoms with Crippen molar-refractivity contribution in [3.05, 3.63) is 71.8 Å². The molecule has 0 aliphatic carbocycles. The van der Waals surface area contributed by atoms with Gasteiger partial charge in [-0.25, -0.2) is 0 Å². The molecule has 0 aliphatic rings. The number of hydrogen-bond acceptors (Lipinski definition) is 2. The first-order valence-corrected chi connectivity index (χ1v) is 6.57. The lowest BCUT2D eigenvalue weighted by Gasteiger charge is -2.17. The molecule has 2 aromatic rings. The lowest BCUT2D eigenvalue weighted by Crippen LogP contribution is -2.28. The minimum absolute atomic E-state index is 0.0215. The molecule has 2 rings (SSSR count). The maximum atomic E-state index is 12.3. The van der Waals surface area contributed by atoms with Crippen LogP contribution in [0.4, 0.5) is 0 Å². The molecule has 20 heavy (non-hydrogen) atoms. The third-order valence-electron chi connectivity index (χ3n) is 3.06. The summed E-state index contributed by atoms with van der Waals surface area (Å²) in [5.74, 6) is -0.118. The molecule has 1 N–H and O–H groups in total. The molecular formula is C17H17NO2. The first kappa shape index (κ1) is 14.0. The molecule has 0 aromatic heterocycles. The number of Topliss-reactive ketones (excluding diaryl/α,β-unsaturated/α-hetero) is 1. The molecule has 1 unspecified atom stereocenters. The summed E-state index contributed by atoms with van der Waals surface area (Å²) in [6.07, 6.45) is 0.258. The number of nitrogens with one attached hydrogen (secondary N) is 1. The predicted octanol–water partition coefficient (Wildman–Crippen LogP) is 3.14. The third kappa shape index (κ3) is 3.79. The average Bonchev–Trinajstić information content (AvgIpc) is 2.48. The Labute approximate surface area is 118 Å². The van der Waals surface area contributed by atoms with Crippen molar-refractivity contribution in [2.45, 2.75) is 19.4 Å². The standard InChI is InChI=1S/C17H17NO2/c1-13(19)18-16(14-8-4-2-5-9-14)12-17(20)15-10-6-3-7-11-15/h2-11,16H,12H2,1H3,(H,18,19). The van der Waals surface area contributed by atoms with Crippen molar-refractivity contribution in [3.8, 4) is 0 Å². The highest BCUT2D eigenvalue weighted by Crippen LogP contribution is 2.19. The molecule has 0 fully saturated rings. The van der Waals surface area contributed by atoms with Gasteiger partial charge in [0, 0.05) is 18.9 Å². The molecule has 1 atom stereocenters. The lowest BCUT2D eigenvalue weighted by atomic mass is 9.98. The quantitative estimate of drug-likeness (QED) is 0.846. The van der Waals surface area contributed by atoms with Crippen molar-refractivity contribution in [2.75, 3.05) is 0 Å². The van der Waals surface area contributed by atoms with Crippen LogP contribution in [0.1, 0.15) is 35.3 Å². The van der Waals surface area contributed by atoms with E-state index in [-0.39, 0.29) is 24.2 Å². The highest BCUT2D eigenvalue weighted by atomic mass is 16.1. The highest BCUT2D eigenvalue weighted by molar-refractivity contribution is 5.96. The number of ketones is 1. The lowest BCUT2D eigenvalue weighted by molar-refractivity contribution is -0.119. The van der Waals surface area contributed by atoms with E-state index in [0.717, 1.165) is 5.56 Å². The summed E-state index contributed by atoms with van der Waals surface area (Å²) in [4.78, 5) is 23.6. The maximum Gasteiger partial charge on any atom is 0.217 e. The predicted molar refractivity (Wildman–Crippen MR) is 78.4 cm³/mol. The summed E-state index contributed by atoms with van der Waals surface area (Å²) in [6.45, 7) is 1.46. The van der Waals surface area contributed by atoms with E-state index in [4.69, 9.17) is 0 Å². The van der Waals surface area contributed by atoms with E-state index in [1.807, 2.05) is 48.5 Å². The second-order valence-corrected chi connectivity index (χ2v) is 4.66. The van der Waals surface area contributed by atoms with Crippen molar-refractivity contribution in [1.82, 2.24) is 5.32 Å². The van der Waals surface area contributed by atoms with Gasteiger partial charge in [-0.05, 0) is 5.56 Å². The van der Waals surface area contributed by atoms with Crippen LogP contribution in [0.3, 0.4) is 0 Å². The van der Waals surface area contributed by atoms with Crippen LogP contribution >= 0.6 is 0 Å².